The van der Waals surface area contributed by atoms with Gasteiger partial charge in [0, 0.05) is 20.1 Å². The number of nitrogens with zero attached hydrogens (tertiary/aromatic N) is 6. The largest absolute Gasteiger partial charge is 0.351 e. The molecule has 32 heavy (non-hydrogen) atoms. The Bertz CT molecular complexity index is 1230. The van der Waals surface area contributed by atoms with E-state index < -0.39 is 23.0 Å². The van der Waals surface area contributed by atoms with Crippen LogP contribution < -0.4 is 16.6 Å². The second-order valence-corrected chi connectivity index (χ2v) is 7.46. The van der Waals surface area contributed by atoms with Crippen LogP contribution in [-0.2, 0) is 7.05 Å². The van der Waals surface area contributed by atoms with Gasteiger partial charge in [-0.25, -0.2) is 9.18 Å². The molecule has 1 amide bonds. The van der Waals surface area contributed by atoms with Crippen molar-refractivity contribution in [3.63, 3.8) is 0 Å². The van der Waals surface area contributed by atoms with Crippen LogP contribution in [0.1, 0.15) is 29.9 Å². The van der Waals surface area contributed by atoms with Gasteiger partial charge in [-0.1, -0.05) is 11.6 Å². The van der Waals surface area contributed by atoms with Gasteiger partial charge < -0.3 is 14.7 Å². The molecule has 3 heterocycles. The fraction of sp³-hybridized carbons (Fsp3) is 0.400. The lowest BCUT2D eigenvalue weighted by atomic mass is 10.1. The Morgan fingerprint density at radius 2 is 1.88 bits per heavy atom. The van der Waals surface area contributed by atoms with Crippen LogP contribution in [0, 0.1) is 5.82 Å². The third-order valence-corrected chi connectivity index (χ3v) is 5.24. The minimum atomic E-state index is -0.758. The maximum absolute atomic E-state index is 13.2. The summed E-state index contributed by atoms with van der Waals surface area (Å²) in [6, 6.07) is 5.01. The Balaban J connectivity index is 1.54. The highest BCUT2D eigenvalue weighted by molar-refractivity contribution is 5.89. The van der Waals surface area contributed by atoms with Crippen LogP contribution in [0.3, 0.4) is 0 Å². The molecule has 0 radical (unpaired) electrons. The van der Waals surface area contributed by atoms with E-state index in [2.05, 4.69) is 25.5 Å². The molecule has 1 saturated heterocycles. The maximum atomic E-state index is 13.2. The standard InChI is InChI=1S/C20H22FN7O4/c1-26-19(30)15(24-28(20(26)31)14-7-5-13(21)6-8-14)16-23-18(32-25-16)17(29)22-9-12-27-10-3-2-4-11-27/h5-8H,2-4,9-12H2,1H3,(H,22,29). The zero-order chi connectivity index (χ0) is 22.7. The molecule has 1 aliphatic rings. The van der Waals surface area contributed by atoms with Crippen molar-refractivity contribution in [3.8, 4) is 17.2 Å². The monoisotopic (exact) mass is 443 g/mol. The molecule has 0 spiro atoms. The predicted molar refractivity (Wildman–Crippen MR) is 111 cm³/mol. The summed E-state index contributed by atoms with van der Waals surface area (Å²) in [5, 5.41) is 10.4. The molecule has 1 aromatic carbocycles. The number of carbonyl (C=O) groups is 1. The number of likely N-dealkylation sites (tertiary alicyclic amines) is 1. The van der Waals surface area contributed by atoms with Crippen molar-refractivity contribution < 1.29 is 13.7 Å². The summed E-state index contributed by atoms with van der Waals surface area (Å²) in [4.78, 5) is 43.6. The SMILES string of the molecule is Cn1c(=O)c(-c2noc(C(=O)NCCN3CCCCC3)n2)nn(-c2ccc(F)cc2)c1=O. The van der Waals surface area contributed by atoms with E-state index >= 15 is 0 Å². The Morgan fingerprint density at radius 3 is 2.59 bits per heavy atom. The molecule has 0 atom stereocenters. The summed E-state index contributed by atoms with van der Waals surface area (Å²) in [7, 11) is 1.27. The number of piperidine rings is 1. The van der Waals surface area contributed by atoms with Gasteiger partial charge in [-0.2, -0.15) is 14.8 Å². The van der Waals surface area contributed by atoms with Crippen LogP contribution in [0.5, 0.6) is 0 Å². The molecule has 12 heteroatoms. The summed E-state index contributed by atoms with van der Waals surface area (Å²) in [6.07, 6.45) is 3.54. The van der Waals surface area contributed by atoms with Crippen LogP contribution in [0.15, 0.2) is 38.4 Å². The van der Waals surface area contributed by atoms with Gasteiger partial charge in [0.1, 0.15) is 5.82 Å². The van der Waals surface area contributed by atoms with Crippen molar-refractivity contribution in [2.45, 2.75) is 19.3 Å². The zero-order valence-corrected chi connectivity index (χ0v) is 17.5. The van der Waals surface area contributed by atoms with Crippen molar-refractivity contribution in [2.75, 3.05) is 26.2 Å². The number of halogens is 1. The number of benzene rings is 1. The van der Waals surface area contributed by atoms with Crippen molar-refractivity contribution in [2.24, 2.45) is 7.05 Å². The molecule has 1 N–H and O–H groups in total. The molecule has 1 aliphatic heterocycles. The van der Waals surface area contributed by atoms with Gasteiger partial charge in [0.25, 0.3) is 5.56 Å². The van der Waals surface area contributed by atoms with E-state index in [0.717, 1.165) is 53.9 Å². The minimum Gasteiger partial charge on any atom is -0.347 e. The number of nitrogens with one attached hydrogen (secondary N) is 1. The fourth-order valence-electron chi connectivity index (χ4n) is 3.46. The number of amides is 1. The summed E-state index contributed by atoms with van der Waals surface area (Å²) in [5.41, 5.74) is -1.53. The second kappa shape index (κ2) is 9.22. The molecule has 0 aliphatic carbocycles. The summed E-state index contributed by atoms with van der Waals surface area (Å²) >= 11 is 0. The van der Waals surface area contributed by atoms with Gasteiger partial charge in [0.15, 0.2) is 5.69 Å². The first-order valence-corrected chi connectivity index (χ1v) is 10.2. The summed E-state index contributed by atoms with van der Waals surface area (Å²) in [6.45, 7) is 3.17. The highest BCUT2D eigenvalue weighted by Gasteiger charge is 2.22. The molecule has 3 aromatic rings. The van der Waals surface area contributed by atoms with Crippen molar-refractivity contribution in [3.05, 3.63) is 56.8 Å². The van der Waals surface area contributed by atoms with Crippen molar-refractivity contribution >= 4 is 5.91 Å². The minimum absolute atomic E-state index is 0.234. The Morgan fingerprint density at radius 1 is 1.16 bits per heavy atom. The van der Waals surface area contributed by atoms with E-state index in [1.807, 2.05) is 0 Å². The van der Waals surface area contributed by atoms with E-state index in [1.54, 1.807) is 0 Å². The lowest BCUT2D eigenvalue weighted by Gasteiger charge is -2.26. The zero-order valence-electron chi connectivity index (χ0n) is 17.5. The van der Waals surface area contributed by atoms with Gasteiger partial charge >= 0.3 is 17.5 Å². The third kappa shape index (κ3) is 4.49. The maximum Gasteiger partial charge on any atom is 0.351 e. The summed E-state index contributed by atoms with van der Waals surface area (Å²) in [5.74, 6) is -1.60. The van der Waals surface area contributed by atoms with Gasteiger partial charge in [0.2, 0.25) is 5.82 Å². The average Bonchev–Trinajstić information content (AvgIpc) is 3.29. The number of aromatic nitrogens is 5. The highest BCUT2D eigenvalue weighted by atomic mass is 19.1. The van der Waals surface area contributed by atoms with Crippen molar-refractivity contribution in [1.29, 1.82) is 0 Å². The third-order valence-electron chi connectivity index (χ3n) is 5.24. The van der Waals surface area contributed by atoms with E-state index in [0.29, 0.717) is 6.54 Å². The van der Waals surface area contributed by atoms with Crippen LogP contribution in [0.2, 0.25) is 0 Å². The van der Waals surface area contributed by atoms with Crippen molar-refractivity contribution in [1.82, 2.24) is 34.7 Å². The van der Waals surface area contributed by atoms with Gasteiger partial charge in [-0.05, 0) is 50.2 Å². The molecule has 4 rings (SSSR count). The van der Waals surface area contributed by atoms with E-state index in [4.69, 9.17) is 4.52 Å². The van der Waals surface area contributed by atoms with Crippen LogP contribution in [-0.4, -0.2) is 61.5 Å². The van der Waals surface area contributed by atoms with E-state index in [1.165, 1.54) is 25.6 Å². The Hall–Kier alpha value is -3.67. The van der Waals surface area contributed by atoms with Crippen LogP contribution in [0.25, 0.3) is 17.2 Å². The molecule has 11 nitrogen and oxygen atoms in total. The molecular weight excluding hydrogens is 421 g/mol. The molecule has 0 unspecified atom stereocenters. The Kier molecular flexibility index (Phi) is 6.21. The van der Waals surface area contributed by atoms with Crippen LogP contribution in [0.4, 0.5) is 4.39 Å². The molecule has 2 aromatic heterocycles. The van der Waals surface area contributed by atoms with Gasteiger partial charge in [-0.15, -0.1) is 0 Å². The first-order valence-electron chi connectivity index (χ1n) is 10.2. The molecular formula is C20H22FN7O4. The number of carbonyl (C=O) groups excluding carboxylic acids is 1. The normalized spacial score (nSPS) is 14.4. The summed E-state index contributed by atoms with van der Waals surface area (Å²) < 4.78 is 20.0. The van der Waals surface area contributed by atoms with Crippen LogP contribution >= 0.6 is 0 Å². The molecule has 0 saturated carbocycles. The lowest BCUT2D eigenvalue weighted by molar-refractivity contribution is 0.0903. The average molecular weight is 443 g/mol. The number of hydrogen-bond donors (Lipinski definition) is 1. The number of rotatable bonds is 6. The first-order chi connectivity index (χ1) is 15.4. The predicted octanol–water partition coefficient (Wildman–Crippen LogP) is 0.336. The number of hydrogen-bond acceptors (Lipinski definition) is 8. The highest BCUT2D eigenvalue weighted by Crippen LogP contribution is 2.11. The second-order valence-electron chi connectivity index (χ2n) is 7.46. The fourth-order valence-corrected chi connectivity index (χ4v) is 3.46. The quantitative estimate of drug-likeness (QED) is 0.578. The van der Waals surface area contributed by atoms with Gasteiger partial charge in [-0.3, -0.25) is 14.2 Å². The van der Waals surface area contributed by atoms with Gasteiger partial charge in [0.05, 0.1) is 5.69 Å². The first kappa shape index (κ1) is 21.6. The topological polar surface area (TPSA) is 128 Å². The lowest BCUT2D eigenvalue weighted by Crippen LogP contribution is -2.40. The molecule has 1 fully saturated rings. The Labute approximate surface area is 181 Å². The van der Waals surface area contributed by atoms with E-state index in [-0.39, 0.29) is 23.1 Å². The molecule has 0 bridgehead atoms. The molecule has 168 valence electrons. The smallest absolute Gasteiger partial charge is 0.347 e. The van der Waals surface area contributed by atoms with E-state index in [9.17, 15) is 18.8 Å².